The van der Waals surface area contributed by atoms with Gasteiger partial charge in [0.15, 0.2) is 5.96 Å². The van der Waals surface area contributed by atoms with Crippen LogP contribution in [0.5, 0.6) is 0 Å². The summed E-state index contributed by atoms with van der Waals surface area (Å²) < 4.78 is 2.15. The lowest BCUT2D eigenvalue weighted by Gasteiger charge is -2.23. The number of aromatic nitrogens is 1. The predicted molar refractivity (Wildman–Crippen MR) is 89.4 cm³/mol. The lowest BCUT2D eigenvalue weighted by atomic mass is 9.97. The monoisotopic (exact) mass is 288 g/mol. The third-order valence-electron chi connectivity index (χ3n) is 4.14. The number of aliphatic imine (C=N–C) groups is 1. The Bertz CT molecular complexity index is 499. The lowest BCUT2D eigenvalue weighted by Crippen LogP contribution is -2.39. The fourth-order valence-electron chi connectivity index (χ4n) is 2.83. The molecule has 21 heavy (non-hydrogen) atoms. The van der Waals surface area contributed by atoms with E-state index in [4.69, 9.17) is 0 Å². The fourth-order valence-corrected chi connectivity index (χ4v) is 2.83. The van der Waals surface area contributed by atoms with E-state index in [1.54, 1.807) is 5.57 Å². The zero-order valence-electron chi connectivity index (χ0n) is 13.6. The third-order valence-corrected chi connectivity index (χ3v) is 4.14. The molecule has 2 rings (SSSR count). The molecule has 0 atom stereocenters. The Morgan fingerprint density at radius 3 is 2.90 bits per heavy atom. The van der Waals surface area contributed by atoms with Crippen LogP contribution >= 0.6 is 0 Å². The summed E-state index contributed by atoms with van der Waals surface area (Å²) in [6.45, 7) is 1.84. The molecule has 0 aliphatic heterocycles. The highest BCUT2D eigenvalue weighted by atomic mass is 15.3. The average molecular weight is 288 g/mol. The Labute approximate surface area is 128 Å². The molecule has 0 fully saturated rings. The van der Waals surface area contributed by atoms with Crippen LogP contribution in [0.25, 0.3) is 0 Å². The molecule has 0 bridgehead atoms. The molecular formula is C17H28N4. The normalized spacial score (nSPS) is 15.8. The maximum absolute atomic E-state index is 4.38. The molecule has 4 heteroatoms. The van der Waals surface area contributed by atoms with Gasteiger partial charge in [0.1, 0.15) is 0 Å². The molecule has 0 radical (unpaired) electrons. The summed E-state index contributed by atoms with van der Waals surface area (Å²) >= 11 is 0. The van der Waals surface area contributed by atoms with Crippen molar-refractivity contribution in [1.29, 1.82) is 0 Å². The molecular weight excluding hydrogens is 260 g/mol. The zero-order valence-corrected chi connectivity index (χ0v) is 13.6. The first-order chi connectivity index (χ1) is 10.2. The van der Waals surface area contributed by atoms with Gasteiger partial charge < -0.3 is 14.8 Å². The van der Waals surface area contributed by atoms with E-state index in [9.17, 15) is 0 Å². The molecule has 1 aromatic heterocycles. The average Bonchev–Trinajstić information content (AvgIpc) is 2.90. The highest BCUT2D eigenvalue weighted by Crippen LogP contribution is 2.19. The molecule has 0 aromatic carbocycles. The van der Waals surface area contributed by atoms with Gasteiger partial charge in [-0.3, -0.25) is 4.99 Å². The van der Waals surface area contributed by atoms with Crippen molar-refractivity contribution in [3.8, 4) is 0 Å². The van der Waals surface area contributed by atoms with E-state index in [-0.39, 0.29) is 0 Å². The van der Waals surface area contributed by atoms with Gasteiger partial charge in [0.2, 0.25) is 0 Å². The van der Waals surface area contributed by atoms with Crippen LogP contribution in [0, 0.1) is 0 Å². The largest absolute Gasteiger partial charge is 0.356 e. The first-order valence-electron chi connectivity index (χ1n) is 7.90. The van der Waals surface area contributed by atoms with Crippen LogP contribution in [0.3, 0.4) is 0 Å². The minimum Gasteiger partial charge on any atom is -0.356 e. The fraction of sp³-hybridized carbons (Fsp3) is 0.588. The number of nitrogens with one attached hydrogen (secondary N) is 1. The Balaban J connectivity index is 1.79. The van der Waals surface area contributed by atoms with Crippen molar-refractivity contribution in [2.24, 2.45) is 12.0 Å². The molecule has 1 aliphatic carbocycles. The third kappa shape index (κ3) is 4.66. The Hall–Kier alpha value is -1.71. The van der Waals surface area contributed by atoms with Gasteiger partial charge >= 0.3 is 0 Å². The molecule has 116 valence electrons. The Morgan fingerprint density at radius 2 is 2.29 bits per heavy atom. The van der Waals surface area contributed by atoms with E-state index in [1.807, 2.05) is 7.05 Å². The van der Waals surface area contributed by atoms with Crippen molar-refractivity contribution >= 4 is 5.96 Å². The van der Waals surface area contributed by atoms with Crippen LogP contribution in [0.4, 0.5) is 0 Å². The van der Waals surface area contributed by atoms with Crippen LogP contribution in [-0.2, 0) is 13.6 Å². The van der Waals surface area contributed by atoms with E-state index in [2.05, 4.69) is 58.3 Å². The van der Waals surface area contributed by atoms with Crippen LogP contribution in [0.2, 0.25) is 0 Å². The van der Waals surface area contributed by atoms with Crippen molar-refractivity contribution in [2.45, 2.75) is 38.6 Å². The highest BCUT2D eigenvalue weighted by Gasteiger charge is 2.09. The van der Waals surface area contributed by atoms with Gasteiger partial charge in [-0.2, -0.15) is 0 Å². The van der Waals surface area contributed by atoms with Gasteiger partial charge in [-0.05, 0) is 44.2 Å². The van der Waals surface area contributed by atoms with Crippen LogP contribution in [0.1, 0.15) is 37.8 Å². The van der Waals surface area contributed by atoms with E-state index >= 15 is 0 Å². The van der Waals surface area contributed by atoms with Crippen molar-refractivity contribution in [3.05, 3.63) is 35.7 Å². The summed E-state index contributed by atoms with van der Waals surface area (Å²) in [5.74, 6) is 0.965. The minimum absolute atomic E-state index is 0.867. The summed E-state index contributed by atoms with van der Waals surface area (Å²) in [6, 6.07) is 4.23. The molecule has 0 amide bonds. The number of hydrogen-bond acceptors (Lipinski definition) is 1. The maximum Gasteiger partial charge on any atom is 0.193 e. The highest BCUT2D eigenvalue weighted by molar-refractivity contribution is 5.79. The van der Waals surface area contributed by atoms with Gasteiger partial charge in [0, 0.05) is 39.6 Å². The second kappa shape index (κ2) is 7.91. The van der Waals surface area contributed by atoms with Crippen LogP contribution in [0.15, 0.2) is 35.0 Å². The summed E-state index contributed by atoms with van der Waals surface area (Å²) in [7, 11) is 6.01. The molecule has 0 unspecified atom stereocenters. The minimum atomic E-state index is 0.867. The number of nitrogens with zero attached hydrogens (tertiary/aromatic N) is 3. The molecule has 1 aliphatic rings. The van der Waals surface area contributed by atoms with E-state index < -0.39 is 0 Å². The van der Waals surface area contributed by atoms with E-state index in [1.165, 1.54) is 31.4 Å². The number of aryl methyl sites for hydroxylation is 1. The standard InChI is InChI=1S/C17H28N4/c1-18-17(19-12-11-15-8-5-4-6-9-15)21(3)14-16-10-7-13-20(16)2/h7-8,10,13H,4-6,9,11-12,14H2,1-3H3,(H,18,19). The molecule has 0 saturated heterocycles. The smallest absolute Gasteiger partial charge is 0.193 e. The van der Waals surface area contributed by atoms with Gasteiger partial charge in [-0.25, -0.2) is 0 Å². The van der Waals surface area contributed by atoms with Crippen molar-refractivity contribution in [2.75, 3.05) is 20.6 Å². The quantitative estimate of drug-likeness (QED) is 0.513. The van der Waals surface area contributed by atoms with Crippen molar-refractivity contribution in [3.63, 3.8) is 0 Å². The summed E-state index contributed by atoms with van der Waals surface area (Å²) in [6.07, 6.45) is 10.9. The van der Waals surface area contributed by atoms with Crippen molar-refractivity contribution < 1.29 is 0 Å². The number of guanidine groups is 1. The number of rotatable bonds is 5. The second-order valence-corrected chi connectivity index (χ2v) is 5.80. The maximum atomic E-state index is 4.38. The van der Waals surface area contributed by atoms with Gasteiger partial charge in [0.25, 0.3) is 0 Å². The van der Waals surface area contributed by atoms with Gasteiger partial charge in [-0.1, -0.05) is 11.6 Å². The summed E-state index contributed by atoms with van der Waals surface area (Å²) in [4.78, 5) is 6.55. The molecule has 1 heterocycles. The predicted octanol–water partition coefficient (Wildman–Crippen LogP) is 2.92. The van der Waals surface area contributed by atoms with E-state index in [0.29, 0.717) is 0 Å². The topological polar surface area (TPSA) is 32.6 Å². The molecule has 1 aromatic rings. The Morgan fingerprint density at radius 1 is 1.43 bits per heavy atom. The molecule has 0 spiro atoms. The SMILES string of the molecule is CN=C(NCCC1=CCCCC1)N(C)Cc1cccn1C. The van der Waals surface area contributed by atoms with E-state index in [0.717, 1.165) is 25.5 Å². The van der Waals surface area contributed by atoms with Crippen LogP contribution in [-0.4, -0.2) is 36.1 Å². The first kappa shape index (κ1) is 15.7. The first-order valence-corrected chi connectivity index (χ1v) is 7.90. The summed E-state index contributed by atoms with van der Waals surface area (Å²) in [5, 5.41) is 3.47. The lowest BCUT2D eigenvalue weighted by molar-refractivity contribution is 0.462. The van der Waals surface area contributed by atoms with Crippen molar-refractivity contribution in [1.82, 2.24) is 14.8 Å². The Kier molecular flexibility index (Phi) is 5.90. The van der Waals surface area contributed by atoms with Gasteiger partial charge in [0.05, 0.1) is 6.54 Å². The molecule has 1 N–H and O–H groups in total. The number of allylic oxidation sites excluding steroid dienone is 1. The molecule has 4 nitrogen and oxygen atoms in total. The summed E-state index contributed by atoms with van der Waals surface area (Å²) in [5.41, 5.74) is 2.89. The molecule has 0 saturated carbocycles. The van der Waals surface area contributed by atoms with Gasteiger partial charge in [-0.15, -0.1) is 0 Å². The zero-order chi connectivity index (χ0) is 15.1. The van der Waals surface area contributed by atoms with Crippen LogP contribution < -0.4 is 5.32 Å². The second-order valence-electron chi connectivity index (χ2n) is 5.80. The number of hydrogen-bond donors (Lipinski definition) is 1.